The van der Waals surface area contributed by atoms with Crippen molar-refractivity contribution in [2.24, 2.45) is 0 Å². The average Bonchev–Trinajstić information content (AvgIpc) is 3.17. The van der Waals surface area contributed by atoms with Crippen LogP contribution in [0, 0.1) is 0 Å². The molecule has 1 aromatic carbocycles. The highest BCUT2D eigenvalue weighted by molar-refractivity contribution is 9.10. The van der Waals surface area contributed by atoms with E-state index in [0.717, 1.165) is 12.8 Å². The SMILES string of the molecule is C=CCN(C(=O)c1cc(Br)cc(S(=O)(=O)Cl)c1)C1CC1. The quantitative estimate of drug-likeness (QED) is 0.584. The van der Waals surface area contributed by atoms with Gasteiger partial charge in [-0.1, -0.05) is 22.0 Å². The van der Waals surface area contributed by atoms with Crippen molar-refractivity contribution < 1.29 is 13.2 Å². The first-order chi connectivity index (χ1) is 9.32. The Bertz CT molecular complexity index is 656. The van der Waals surface area contributed by atoms with Crippen LogP contribution in [0.25, 0.3) is 0 Å². The Morgan fingerprint density at radius 1 is 1.45 bits per heavy atom. The topological polar surface area (TPSA) is 54.5 Å². The third-order valence-electron chi connectivity index (χ3n) is 2.97. The van der Waals surface area contributed by atoms with Crippen LogP contribution in [0.5, 0.6) is 0 Å². The smallest absolute Gasteiger partial charge is 0.261 e. The summed E-state index contributed by atoms with van der Waals surface area (Å²) in [5.74, 6) is -0.213. The summed E-state index contributed by atoms with van der Waals surface area (Å²) in [6.45, 7) is 4.08. The number of benzene rings is 1. The molecule has 1 aliphatic carbocycles. The molecule has 0 aromatic heterocycles. The Hall–Kier alpha value is -0.850. The molecule has 0 aliphatic heterocycles. The zero-order valence-electron chi connectivity index (χ0n) is 10.6. The van der Waals surface area contributed by atoms with Crippen molar-refractivity contribution >= 4 is 41.6 Å². The van der Waals surface area contributed by atoms with E-state index in [0.29, 0.717) is 16.6 Å². The molecule has 1 aromatic rings. The van der Waals surface area contributed by atoms with Crippen LogP contribution < -0.4 is 0 Å². The molecule has 0 N–H and O–H groups in total. The van der Waals surface area contributed by atoms with Crippen molar-refractivity contribution in [3.8, 4) is 0 Å². The Kier molecular flexibility index (Phi) is 4.56. The van der Waals surface area contributed by atoms with Gasteiger partial charge in [-0.15, -0.1) is 6.58 Å². The van der Waals surface area contributed by atoms with Gasteiger partial charge in [-0.3, -0.25) is 4.79 Å². The van der Waals surface area contributed by atoms with E-state index in [4.69, 9.17) is 10.7 Å². The minimum atomic E-state index is -3.87. The standard InChI is InChI=1S/C13H13BrClNO3S/c1-2-5-16(11-3-4-11)13(17)9-6-10(14)8-12(7-9)20(15,18)19/h2,6-8,11H,1,3-5H2. The Morgan fingerprint density at radius 2 is 2.10 bits per heavy atom. The molecule has 2 rings (SSSR count). The molecule has 108 valence electrons. The van der Waals surface area contributed by atoms with Crippen molar-refractivity contribution in [1.29, 1.82) is 0 Å². The molecule has 4 nitrogen and oxygen atoms in total. The van der Waals surface area contributed by atoms with E-state index in [-0.39, 0.29) is 16.8 Å². The van der Waals surface area contributed by atoms with Gasteiger partial charge in [0.1, 0.15) is 0 Å². The molecule has 0 spiro atoms. The molecule has 1 amide bonds. The molecule has 0 saturated heterocycles. The van der Waals surface area contributed by atoms with Crippen LogP contribution in [0.1, 0.15) is 23.2 Å². The highest BCUT2D eigenvalue weighted by Gasteiger charge is 2.32. The van der Waals surface area contributed by atoms with Crippen LogP contribution in [-0.4, -0.2) is 31.8 Å². The van der Waals surface area contributed by atoms with Gasteiger partial charge in [0.25, 0.3) is 15.0 Å². The van der Waals surface area contributed by atoms with Gasteiger partial charge in [0.15, 0.2) is 0 Å². The van der Waals surface area contributed by atoms with Crippen molar-refractivity contribution in [3.63, 3.8) is 0 Å². The van der Waals surface area contributed by atoms with Gasteiger partial charge in [-0.05, 0) is 31.0 Å². The van der Waals surface area contributed by atoms with Crippen LogP contribution in [-0.2, 0) is 9.05 Å². The zero-order valence-corrected chi connectivity index (χ0v) is 13.7. The number of carbonyl (C=O) groups excluding carboxylic acids is 1. The van der Waals surface area contributed by atoms with Gasteiger partial charge < -0.3 is 4.90 Å². The van der Waals surface area contributed by atoms with E-state index in [9.17, 15) is 13.2 Å². The third-order valence-corrected chi connectivity index (χ3v) is 4.77. The summed E-state index contributed by atoms with van der Waals surface area (Å²) in [6, 6.07) is 4.48. The fourth-order valence-electron chi connectivity index (χ4n) is 1.92. The van der Waals surface area contributed by atoms with Gasteiger partial charge >= 0.3 is 0 Å². The first-order valence-electron chi connectivity index (χ1n) is 6.00. The summed E-state index contributed by atoms with van der Waals surface area (Å²) in [6.07, 6.45) is 3.59. The lowest BCUT2D eigenvalue weighted by molar-refractivity contribution is 0.0762. The lowest BCUT2D eigenvalue weighted by Crippen LogP contribution is -2.33. The second kappa shape index (κ2) is 5.87. The maximum absolute atomic E-state index is 12.5. The summed E-state index contributed by atoms with van der Waals surface area (Å²) in [7, 11) is 1.46. The number of halogens is 2. The molecule has 0 unspecified atom stereocenters. The summed E-state index contributed by atoms with van der Waals surface area (Å²) in [5.41, 5.74) is 0.298. The van der Waals surface area contributed by atoms with Crippen LogP contribution in [0.4, 0.5) is 0 Å². The molecular formula is C13H13BrClNO3S. The Morgan fingerprint density at radius 3 is 2.60 bits per heavy atom. The lowest BCUT2D eigenvalue weighted by atomic mass is 10.2. The van der Waals surface area contributed by atoms with Crippen LogP contribution in [0.15, 0.2) is 40.2 Å². The highest BCUT2D eigenvalue weighted by atomic mass is 79.9. The monoisotopic (exact) mass is 377 g/mol. The molecule has 0 bridgehead atoms. The predicted molar refractivity (Wildman–Crippen MR) is 81.4 cm³/mol. The Balaban J connectivity index is 2.38. The van der Waals surface area contributed by atoms with E-state index < -0.39 is 9.05 Å². The van der Waals surface area contributed by atoms with Gasteiger partial charge in [0.2, 0.25) is 0 Å². The first-order valence-corrected chi connectivity index (χ1v) is 9.10. The number of rotatable bonds is 5. The summed E-state index contributed by atoms with van der Waals surface area (Å²) >= 11 is 3.20. The molecule has 1 fully saturated rings. The van der Waals surface area contributed by atoms with Crippen molar-refractivity contribution in [1.82, 2.24) is 4.90 Å². The van der Waals surface area contributed by atoms with Crippen molar-refractivity contribution in [3.05, 3.63) is 40.9 Å². The molecule has 0 radical (unpaired) electrons. The highest BCUT2D eigenvalue weighted by Crippen LogP contribution is 2.29. The maximum atomic E-state index is 12.5. The van der Waals surface area contributed by atoms with Gasteiger partial charge in [-0.2, -0.15) is 0 Å². The summed E-state index contributed by atoms with van der Waals surface area (Å²) in [5, 5.41) is 0. The van der Waals surface area contributed by atoms with E-state index in [2.05, 4.69) is 22.5 Å². The fourth-order valence-corrected chi connectivity index (χ4v) is 3.36. The molecule has 1 saturated carbocycles. The van der Waals surface area contributed by atoms with Crippen molar-refractivity contribution in [2.45, 2.75) is 23.8 Å². The van der Waals surface area contributed by atoms with E-state index >= 15 is 0 Å². The van der Waals surface area contributed by atoms with Gasteiger partial charge in [-0.25, -0.2) is 8.42 Å². The maximum Gasteiger partial charge on any atom is 0.261 e. The summed E-state index contributed by atoms with van der Waals surface area (Å²) < 4.78 is 23.3. The fraction of sp³-hybridized carbons (Fsp3) is 0.308. The lowest BCUT2D eigenvalue weighted by Gasteiger charge is -2.21. The van der Waals surface area contributed by atoms with Crippen LogP contribution in [0.2, 0.25) is 0 Å². The molecule has 1 aliphatic rings. The molecule has 0 atom stereocenters. The number of amides is 1. The van der Waals surface area contributed by atoms with E-state index in [1.807, 2.05) is 0 Å². The van der Waals surface area contributed by atoms with Crippen LogP contribution >= 0.6 is 26.6 Å². The molecular weight excluding hydrogens is 366 g/mol. The predicted octanol–water partition coefficient (Wildman–Crippen LogP) is 3.17. The van der Waals surface area contributed by atoms with Gasteiger partial charge in [0.05, 0.1) is 4.90 Å². The summed E-state index contributed by atoms with van der Waals surface area (Å²) in [4.78, 5) is 14.1. The number of hydrogen-bond donors (Lipinski definition) is 0. The molecule has 0 heterocycles. The molecule has 7 heteroatoms. The minimum Gasteiger partial charge on any atom is -0.332 e. The number of hydrogen-bond acceptors (Lipinski definition) is 3. The van der Waals surface area contributed by atoms with Crippen molar-refractivity contribution in [2.75, 3.05) is 6.54 Å². The average molecular weight is 379 g/mol. The largest absolute Gasteiger partial charge is 0.332 e. The van der Waals surface area contributed by atoms with E-state index in [1.54, 1.807) is 17.0 Å². The second-order valence-corrected chi connectivity index (χ2v) is 8.07. The molecule has 20 heavy (non-hydrogen) atoms. The number of nitrogens with zero attached hydrogens (tertiary/aromatic N) is 1. The Labute approximate surface area is 131 Å². The third kappa shape index (κ3) is 3.62. The van der Waals surface area contributed by atoms with Crippen LogP contribution in [0.3, 0.4) is 0 Å². The van der Waals surface area contributed by atoms with E-state index in [1.165, 1.54) is 12.1 Å². The second-order valence-electron chi connectivity index (χ2n) is 4.59. The first kappa shape index (κ1) is 15.5. The zero-order chi connectivity index (χ0) is 14.9. The van der Waals surface area contributed by atoms with Gasteiger partial charge in [0, 0.05) is 33.3 Å². The number of carbonyl (C=O) groups is 1. The normalized spacial score (nSPS) is 14.9. The minimum absolute atomic E-state index is 0.0914.